The average molecular weight is 730 g/mol. The van der Waals surface area contributed by atoms with E-state index in [-0.39, 0.29) is 10.9 Å². The lowest BCUT2D eigenvalue weighted by atomic mass is 10.1. The Balaban J connectivity index is 1.46. The number of rotatable bonds is 14. The van der Waals surface area contributed by atoms with Crippen LogP contribution in [0.1, 0.15) is 47.6 Å². The Hall–Kier alpha value is -2.92. The lowest BCUT2D eigenvalue weighted by Gasteiger charge is -2.26. The van der Waals surface area contributed by atoms with Gasteiger partial charge in [-0.1, -0.05) is 47.4 Å². The first-order valence-corrected chi connectivity index (χ1v) is 18.0. The number of nitrogens with zero attached hydrogens (tertiary/aromatic N) is 4. The van der Waals surface area contributed by atoms with E-state index in [1.54, 1.807) is 26.4 Å². The maximum absolute atomic E-state index is 14.4. The molecule has 8 nitrogen and oxygen atoms in total. The highest BCUT2D eigenvalue weighted by Gasteiger charge is 2.26. The minimum absolute atomic E-state index is 0.172. The number of hydrogen-bond acceptors (Lipinski definition) is 7. The maximum Gasteiger partial charge on any atom is 0.255 e. The minimum atomic E-state index is -0.172. The van der Waals surface area contributed by atoms with Crippen molar-refractivity contribution in [1.29, 1.82) is 0 Å². The molecule has 0 N–H and O–H groups in total. The van der Waals surface area contributed by atoms with Gasteiger partial charge in [0.25, 0.3) is 5.91 Å². The average Bonchev–Trinajstić information content (AvgIpc) is 3.40. The molecule has 1 aliphatic heterocycles. The summed E-state index contributed by atoms with van der Waals surface area (Å²) in [6.45, 7) is 8.53. The van der Waals surface area contributed by atoms with Crippen molar-refractivity contribution in [2.24, 2.45) is 5.92 Å². The molecule has 1 aliphatic rings. The van der Waals surface area contributed by atoms with Gasteiger partial charge in [-0.15, -0.1) is 0 Å². The number of amides is 1. The van der Waals surface area contributed by atoms with Crippen LogP contribution in [-0.4, -0.2) is 83.6 Å². The molecule has 0 unspecified atom stereocenters. The monoisotopic (exact) mass is 728 g/mol. The number of imidazole rings is 1. The van der Waals surface area contributed by atoms with Crippen molar-refractivity contribution >= 4 is 50.8 Å². The van der Waals surface area contributed by atoms with Crippen LogP contribution in [0.3, 0.4) is 0 Å². The fourth-order valence-electron chi connectivity index (χ4n) is 5.59. The second-order valence-electron chi connectivity index (χ2n) is 11.7. The number of hydrogen-bond donors (Lipinski definition) is 0. The highest BCUT2D eigenvalue weighted by molar-refractivity contribution is 9.10. The summed E-state index contributed by atoms with van der Waals surface area (Å²) in [5.74, 6) is 4.20. The van der Waals surface area contributed by atoms with Crippen LogP contribution < -0.4 is 14.2 Å². The van der Waals surface area contributed by atoms with Gasteiger partial charge in [0.05, 0.1) is 42.7 Å². The van der Waals surface area contributed by atoms with Gasteiger partial charge >= 0.3 is 0 Å². The molecule has 1 fully saturated rings. The predicted octanol–water partition coefficient (Wildman–Crippen LogP) is 7.47. The highest BCUT2D eigenvalue weighted by atomic mass is 79.9. The Labute approximate surface area is 289 Å². The van der Waals surface area contributed by atoms with Crippen LogP contribution in [-0.2, 0) is 13.0 Å². The van der Waals surface area contributed by atoms with E-state index in [1.807, 2.05) is 53.2 Å². The smallest absolute Gasteiger partial charge is 0.255 e. The number of ether oxygens (including phenoxy) is 3. The van der Waals surface area contributed by atoms with E-state index >= 15 is 0 Å². The van der Waals surface area contributed by atoms with Gasteiger partial charge in [0.15, 0.2) is 11.5 Å². The van der Waals surface area contributed by atoms with Gasteiger partial charge in [-0.2, -0.15) is 11.8 Å². The van der Waals surface area contributed by atoms with Crippen LogP contribution >= 0.6 is 39.3 Å². The number of benzene rings is 2. The first-order valence-electron chi connectivity index (χ1n) is 15.6. The molecule has 1 amide bonds. The van der Waals surface area contributed by atoms with Gasteiger partial charge < -0.3 is 23.5 Å². The SMILES string of the molecule is COc1ccc(Br)cc1Cc1c(CN(CCC(C)C)C(=O)c2ccc(OC)c(OCCN3CCSCC3)c2Cl)nc2ccccn12. The van der Waals surface area contributed by atoms with E-state index in [0.717, 1.165) is 70.4 Å². The van der Waals surface area contributed by atoms with Crippen molar-refractivity contribution in [1.82, 2.24) is 19.2 Å². The first-order chi connectivity index (χ1) is 22.3. The van der Waals surface area contributed by atoms with Crippen molar-refractivity contribution < 1.29 is 19.0 Å². The number of pyridine rings is 1. The Bertz CT molecular complexity index is 1640. The summed E-state index contributed by atoms with van der Waals surface area (Å²) in [6, 6.07) is 15.4. The fourth-order valence-corrected chi connectivity index (χ4v) is 7.27. The molecule has 4 aromatic rings. The Morgan fingerprint density at radius 2 is 1.85 bits per heavy atom. The molecule has 246 valence electrons. The molecule has 2 aromatic heterocycles. The van der Waals surface area contributed by atoms with Crippen LogP contribution in [0.4, 0.5) is 0 Å². The number of carbonyl (C=O) groups is 1. The van der Waals surface area contributed by atoms with E-state index in [4.69, 9.17) is 30.8 Å². The summed E-state index contributed by atoms with van der Waals surface area (Å²) < 4.78 is 20.5. The Morgan fingerprint density at radius 1 is 1.09 bits per heavy atom. The summed E-state index contributed by atoms with van der Waals surface area (Å²) in [4.78, 5) is 23.6. The van der Waals surface area contributed by atoms with Crippen molar-refractivity contribution in [2.45, 2.75) is 33.2 Å². The molecule has 0 aliphatic carbocycles. The minimum Gasteiger partial charge on any atom is -0.496 e. The number of aromatic nitrogens is 2. The molecule has 46 heavy (non-hydrogen) atoms. The van der Waals surface area contributed by atoms with Crippen LogP contribution in [0.5, 0.6) is 17.2 Å². The number of fused-ring (bicyclic) bond motifs is 1. The van der Waals surface area contributed by atoms with Crippen molar-refractivity contribution in [3.05, 3.63) is 86.7 Å². The third kappa shape index (κ3) is 8.32. The first kappa shape index (κ1) is 34.4. The number of carbonyl (C=O) groups excluding carboxylic acids is 1. The van der Waals surface area contributed by atoms with E-state index in [2.05, 4.69) is 45.1 Å². The summed E-state index contributed by atoms with van der Waals surface area (Å²) in [5, 5.41) is 0.266. The quantitative estimate of drug-likeness (QED) is 0.133. The van der Waals surface area contributed by atoms with E-state index in [9.17, 15) is 4.79 Å². The lowest BCUT2D eigenvalue weighted by Crippen LogP contribution is -2.35. The van der Waals surface area contributed by atoms with E-state index in [0.29, 0.717) is 49.1 Å². The second kappa shape index (κ2) is 16.3. The topological polar surface area (TPSA) is 68.5 Å². The van der Waals surface area contributed by atoms with Crippen molar-refractivity contribution in [3.63, 3.8) is 0 Å². The molecule has 3 heterocycles. The lowest BCUT2D eigenvalue weighted by molar-refractivity contribution is 0.0732. The molecule has 2 aromatic carbocycles. The van der Waals surface area contributed by atoms with E-state index < -0.39 is 0 Å². The highest BCUT2D eigenvalue weighted by Crippen LogP contribution is 2.38. The summed E-state index contributed by atoms with van der Waals surface area (Å²) in [6.07, 6.45) is 3.42. The van der Waals surface area contributed by atoms with Crippen LogP contribution in [0, 0.1) is 5.92 Å². The molecule has 0 saturated carbocycles. The van der Waals surface area contributed by atoms with Crippen molar-refractivity contribution in [2.75, 3.05) is 58.5 Å². The molecule has 11 heteroatoms. The molecular weight excluding hydrogens is 688 g/mol. The molecule has 0 spiro atoms. The van der Waals surface area contributed by atoms with Gasteiger partial charge in [-0.25, -0.2) is 4.98 Å². The maximum atomic E-state index is 14.4. The van der Waals surface area contributed by atoms with Crippen LogP contribution in [0.15, 0.2) is 59.2 Å². The second-order valence-corrected chi connectivity index (χ2v) is 14.3. The fraction of sp³-hybridized carbons (Fsp3) is 0.429. The normalized spacial score (nSPS) is 13.7. The zero-order chi connectivity index (χ0) is 32.6. The Kier molecular flexibility index (Phi) is 12.2. The molecule has 0 radical (unpaired) electrons. The van der Waals surface area contributed by atoms with E-state index in [1.165, 1.54) is 0 Å². The largest absolute Gasteiger partial charge is 0.496 e. The third-order valence-electron chi connectivity index (χ3n) is 8.19. The summed E-state index contributed by atoms with van der Waals surface area (Å²) in [5.41, 5.74) is 4.05. The summed E-state index contributed by atoms with van der Waals surface area (Å²) in [7, 11) is 3.26. The van der Waals surface area contributed by atoms with Gasteiger partial charge in [-0.05, 0) is 54.8 Å². The third-order valence-corrected chi connectivity index (χ3v) is 10.00. The molecular formula is C35H42BrClN4O4S. The number of thioether (sulfide) groups is 1. The molecule has 1 saturated heterocycles. The molecule has 0 atom stereocenters. The number of halogens is 2. The van der Waals surface area contributed by atoms with Gasteiger partial charge in [0.1, 0.15) is 18.0 Å². The zero-order valence-electron chi connectivity index (χ0n) is 26.9. The van der Waals surface area contributed by atoms with Crippen molar-refractivity contribution in [3.8, 4) is 17.2 Å². The van der Waals surface area contributed by atoms with Crippen LogP contribution in [0.25, 0.3) is 5.65 Å². The molecule has 0 bridgehead atoms. The zero-order valence-corrected chi connectivity index (χ0v) is 30.1. The molecule has 5 rings (SSSR count). The number of methoxy groups -OCH3 is 2. The van der Waals surface area contributed by atoms with Gasteiger partial charge in [-0.3, -0.25) is 9.69 Å². The van der Waals surface area contributed by atoms with Crippen LogP contribution in [0.2, 0.25) is 5.02 Å². The van der Waals surface area contributed by atoms with Gasteiger partial charge in [0.2, 0.25) is 0 Å². The van der Waals surface area contributed by atoms with Gasteiger partial charge in [0, 0.05) is 60.3 Å². The Morgan fingerprint density at radius 3 is 2.59 bits per heavy atom. The standard InChI is InChI=1S/C35H42BrClN4O4S/c1-24(2)12-14-40(35(42)27-9-11-31(44-4)34(33(27)37)45-18-15-39-16-19-46-20-17-39)23-28-29(41-13-6-5-7-32(41)38-28)22-25-21-26(36)8-10-30(25)43-3/h5-11,13,21,24H,12,14-20,22-23H2,1-4H3. The predicted molar refractivity (Wildman–Crippen MR) is 190 cm³/mol. The summed E-state index contributed by atoms with van der Waals surface area (Å²) >= 11 is 12.5.